The number of nitrogens with one attached hydrogen (secondary N) is 2. The number of ether oxygens (including phenoxy) is 1. The molecule has 2 aromatic carbocycles. The van der Waals surface area contributed by atoms with E-state index in [0.717, 1.165) is 22.2 Å². The van der Waals surface area contributed by atoms with Gasteiger partial charge in [-0.05, 0) is 36.4 Å². The standard InChI is InChI=1S/C19H15N5O3/c25-18(26)11-27-15-3-1-2-12(9-15)19-20-7-6-17(23-19)22-14-4-5-16-13(8-14)10-21-24-16/h1-10H,11H2,(H,21,24)(H,25,26)(H,20,22,23). The van der Waals surface area contributed by atoms with Crippen molar-refractivity contribution in [2.75, 3.05) is 11.9 Å². The first-order valence-electron chi connectivity index (χ1n) is 8.15. The Morgan fingerprint density at radius 2 is 2.11 bits per heavy atom. The van der Waals surface area contributed by atoms with E-state index in [-0.39, 0.29) is 0 Å². The van der Waals surface area contributed by atoms with Gasteiger partial charge in [-0.1, -0.05) is 12.1 Å². The first-order valence-corrected chi connectivity index (χ1v) is 8.15. The second-order valence-corrected chi connectivity index (χ2v) is 5.77. The molecule has 8 nitrogen and oxygen atoms in total. The van der Waals surface area contributed by atoms with E-state index >= 15 is 0 Å². The van der Waals surface area contributed by atoms with Crippen LogP contribution in [0, 0.1) is 0 Å². The number of H-pyrrole nitrogens is 1. The average molecular weight is 361 g/mol. The second-order valence-electron chi connectivity index (χ2n) is 5.77. The van der Waals surface area contributed by atoms with E-state index in [1.807, 2.05) is 24.3 Å². The predicted molar refractivity (Wildman–Crippen MR) is 100.0 cm³/mol. The van der Waals surface area contributed by atoms with E-state index in [2.05, 4.69) is 25.5 Å². The molecule has 3 N–H and O–H groups in total. The van der Waals surface area contributed by atoms with Gasteiger partial charge in [0.25, 0.3) is 0 Å². The largest absolute Gasteiger partial charge is 0.482 e. The Bertz CT molecular complexity index is 1110. The number of carbonyl (C=O) groups is 1. The zero-order valence-corrected chi connectivity index (χ0v) is 14.1. The molecule has 0 unspecified atom stereocenters. The molecule has 0 saturated heterocycles. The number of benzene rings is 2. The molecule has 0 atom stereocenters. The molecule has 8 heteroatoms. The quantitative estimate of drug-likeness (QED) is 0.483. The molecule has 4 rings (SSSR count). The number of carboxylic acid groups (broad SMARTS) is 1. The molecular formula is C19H15N5O3. The SMILES string of the molecule is O=C(O)COc1cccc(-c2nccc(Nc3ccc4[nH]ncc4c3)n2)c1. The van der Waals surface area contributed by atoms with Crippen molar-refractivity contribution in [2.45, 2.75) is 0 Å². The van der Waals surface area contributed by atoms with E-state index < -0.39 is 12.6 Å². The summed E-state index contributed by atoms with van der Waals surface area (Å²) in [6, 6.07) is 14.6. The molecule has 4 aromatic rings. The summed E-state index contributed by atoms with van der Waals surface area (Å²) in [5.41, 5.74) is 2.57. The summed E-state index contributed by atoms with van der Waals surface area (Å²) in [4.78, 5) is 19.5. The van der Waals surface area contributed by atoms with Gasteiger partial charge in [-0.2, -0.15) is 5.10 Å². The van der Waals surface area contributed by atoms with E-state index in [0.29, 0.717) is 17.4 Å². The molecule has 0 aliphatic rings. The van der Waals surface area contributed by atoms with Crippen molar-refractivity contribution in [1.82, 2.24) is 20.2 Å². The lowest BCUT2D eigenvalue weighted by molar-refractivity contribution is -0.139. The van der Waals surface area contributed by atoms with Gasteiger partial charge in [0.1, 0.15) is 11.6 Å². The van der Waals surface area contributed by atoms with Crippen molar-refractivity contribution in [1.29, 1.82) is 0 Å². The minimum Gasteiger partial charge on any atom is -0.482 e. The topological polar surface area (TPSA) is 113 Å². The number of hydrogen-bond donors (Lipinski definition) is 3. The summed E-state index contributed by atoms with van der Waals surface area (Å²) in [6.45, 7) is -0.400. The lowest BCUT2D eigenvalue weighted by Crippen LogP contribution is -2.09. The Balaban J connectivity index is 1.56. The summed E-state index contributed by atoms with van der Waals surface area (Å²) >= 11 is 0. The second kappa shape index (κ2) is 7.12. The number of fused-ring (bicyclic) bond motifs is 1. The number of aliphatic carboxylic acids is 1. The fourth-order valence-electron chi connectivity index (χ4n) is 2.61. The number of carboxylic acids is 1. The highest BCUT2D eigenvalue weighted by atomic mass is 16.5. The lowest BCUT2D eigenvalue weighted by atomic mass is 10.2. The zero-order chi connectivity index (χ0) is 18.6. The minimum atomic E-state index is -1.03. The number of rotatable bonds is 6. The van der Waals surface area contributed by atoms with Crippen LogP contribution in [0.5, 0.6) is 5.75 Å². The molecule has 0 radical (unpaired) electrons. The van der Waals surface area contributed by atoms with Crippen molar-refractivity contribution in [2.24, 2.45) is 0 Å². The highest BCUT2D eigenvalue weighted by molar-refractivity contribution is 5.82. The average Bonchev–Trinajstić information content (AvgIpc) is 3.15. The molecule has 27 heavy (non-hydrogen) atoms. The maximum atomic E-state index is 10.6. The van der Waals surface area contributed by atoms with Crippen LogP contribution in [-0.2, 0) is 4.79 Å². The fourth-order valence-corrected chi connectivity index (χ4v) is 2.61. The van der Waals surface area contributed by atoms with Gasteiger partial charge in [-0.25, -0.2) is 14.8 Å². The van der Waals surface area contributed by atoms with Crippen LogP contribution in [0.4, 0.5) is 11.5 Å². The fraction of sp³-hybridized carbons (Fsp3) is 0.0526. The molecule has 0 bridgehead atoms. The summed E-state index contributed by atoms with van der Waals surface area (Å²) in [7, 11) is 0. The zero-order valence-electron chi connectivity index (χ0n) is 14.1. The van der Waals surface area contributed by atoms with Crippen LogP contribution in [0.25, 0.3) is 22.3 Å². The number of nitrogens with zero attached hydrogens (tertiary/aromatic N) is 3. The summed E-state index contributed by atoms with van der Waals surface area (Å²) in [5, 5.41) is 19.9. The van der Waals surface area contributed by atoms with Crippen molar-refractivity contribution in [3.63, 3.8) is 0 Å². The molecule has 0 saturated carbocycles. The number of anilines is 2. The first-order chi connectivity index (χ1) is 13.2. The third kappa shape index (κ3) is 3.84. The van der Waals surface area contributed by atoms with Crippen molar-refractivity contribution in [3.05, 3.63) is 60.9 Å². The monoisotopic (exact) mass is 361 g/mol. The Morgan fingerprint density at radius 1 is 1.19 bits per heavy atom. The molecule has 134 valence electrons. The van der Waals surface area contributed by atoms with Gasteiger partial charge in [0, 0.05) is 22.8 Å². The van der Waals surface area contributed by atoms with Crippen LogP contribution in [0.2, 0.25) is 0 Å². The molecule has 0 aliphatic carbocycles. The van der Waals surface area contributed by atoms with Crippen LogP contribution in [0.15, 0.2) is 60.9 Å². The van der Waals surface area contributed by atoms with Crippen molar-refractivity contribution >= 4 is 28.4 Å². The van der Waals surface area contributed by atoms with Crippen LogP contribution in [-0.4, -0.2) is 37.8 Å². The summed E-state index contributed by atoms with van der Waals surface area (Å²) < 4.78 is 5.21. The third-order valence-corrected chi connectivity index (χ3v) is 3.82. The van der Waals surface area contributed by atoms with E-state index in [9.17, 15) is 4.79 Å². The Labute approximate surface area is 153 Å². The predicted octanol–water partition coefficient (Wildman–Crippen LogP) is 3.23. The van der Waals surface area contributed by atoms with Gasteiger partial charge < -0.3 is 15.2 Å². The van der Waals surface area contributed by atoms with Crippen LogP contribution < -0.4 is 10.1 Å². The Kier molecular flexibility index (Phi) is 4.36. The number of aromatic nitrogens is 4. The molecular weight excluding hydrogens is 346 g/mol. The maximum Gasteiger partial charge on any atom is 0.341 e. The van der Waals surface area contributed by atoms with Gasteiger partial charge in [-0.15, -0.1) is 0 Å². The van der Waals surface area contributed by atoms with Gasteiger partial charge in [0.05, 0.1) is 11.7 Å². The molecule has 0 fully saturated rings. The number of aromatic amines is 1. The maximum absolute atomic E-state index is 10.6. The van der Waals surface area contributed by atoms with E-state index in [4.69, 9.17) is 9.84 Å². The van der Waals surface area contributed by atoms with Crippen LogP contribution >= 0.6 is 0 Å². The first kappa shape index (κ1) is 16.5. The Hall–Kier alpha value is -3.94. The number of hydrogen-bond acceptors (Lipinski definition) is 6. The van der Waals surface area contributed by atoms with E-state index in [1.165, 1.54) is 0 Å². The summed E-state index contributed by atoms with van der Waals surface area (Å²) in [6.07, 6.45) is 3.42. The van der Waals surface area contributed by atoms with Crippen LogP contribution in [0.1, 0.15) is 0 Å². The molecule has 2 heterocycles. The molecule has 0 aliphatic heterocycles. The van der Waals surface area contributed by atoms with Gasteiger partial charge in [-0.3, -0.25) is 5.10 Å². The highest BCUT2D eigenvalue weighted by Gasteiger charge is 2.07. The molecule has 0 amide bonds. The smallest absolute Gasteiger partial charge is 0.341 e. The van der Waals surface area contributed by atoms with Crippen LogP contribution in [0.3, 0.4) is 0 Å². The lowest BCUT2D eigenvalue weighted by Gasteiger charge is -2.08. The van der Waals surface area contributed by atoms with Crippen molar-refractivity contribution in [3.8, 4) is 17.1 Å². The van der Waals surface area contributed by atoms with E-state index in [1.54, 1.807) is 36.7 Å². The van der Waals surface area contributed by atoms with Gasteiger partial charge >= 0.3 is 5.97 Å². The minimum absolute atomic E-state index is 0.400. The Morgan fingerprint density at radius 3 is 3.00 bits per heavy atom. The molecule has 2 aromatic heterocycles. The molecule has 0 spiro atoms. The summed E-state index contributed by atoms with van der Waals surface area (Å²) in [5.74, 6) is 0.560. The third-order valence-electron chi connectivity index (χ3n) is 3.82. The van der Waals surface area contributed by atoms with Gasteiger partial charge in [0.15, 0.2) is 12.4 Å². The van der Waals surface area contributed by atoms with Gasteiger partial charge in [0.2, 0.25) is 0 Å². The normalized spacial score (nSPS) is 10.7. The van der Waals surface area contributed by atoms with Crippen molar-refractivity contribution < 1.29 is 14.6 Å². The highest BCUT2D eigenvalue weighted by Crippen LogP contribution is 2.24.